The molecule has 0 aromatic heterocycles. The molecule has 0 aliphatic rings. The lowest BCUT2D eigenvalue weighted by Crippen LogP contribution is -2.30. The van der Waals surface area contributed by atoms with E-state index < -0.39 is 10.0 Å². The minimum atomic E-state index is -3.47. The fourth-order valence-electron chi connectivity index (χ4n) is 3.12. The van der Waals surface area contributed by atoms with E-state index in [0.29, 0.717) is 11.4 Å². The van der Waals surface area contributed by atoms with Gasteiger partial charge in [0.05, 0.1) is 30.7 Å². The number of anilines is 1. The number of carbonyl (C=O) groups excluding carboxylic acids is 1. The molecule has 0 unspecified atom stereocenters. The zero-order chi connectivity index (χ0) is 21.7. The largest absolute Gasteiger partial charge is 0.496 e. The summed E-state index contributed by atoms with van der Waals surface area (Å²) < 4.78 is 30.3. The average molecular weight is 425 g/mol. The predicted octanol–water partition coefficient (Wildman–Crippen LogP) is 3.61. The van der Waals surface area contributed by atoms with Gasteiger partial charge in [-0.1, -0.05) is 60.7 Å². The fourth-order valence-corrected chi connectivity index (χ4v) is 3.62. The maximum absolute atomic E-state index is 13.2. The van der Waals surface area contributed by atoms with Crippen molar-refractivity contribution in [3.05, 3.63) is 95.6 Å². The first-order valence-corrected chi connectivity index (χ1v) is 11.2. The van der Waals surface area contributed by atoms with Crippen LogP contribution >= 0.6 is 0 Å². The van der Waals surface area contributed by atoms with Crippen molar-refractivity contribution < 1.29 is 17.9 Å². The third-order valence-corrected chi connectivity index (χ3v) is 6.04. The summed E-state index contributed by atoms with van der Waals surface area (Å²) in [5.74, 6) is -0.00803. The van der Waals surface area contributed by atoms with Crippen LogP contribution in [0.3, 0.4) is 0 Å². The highest BCUT2D eigenvalue weighted by molar-refractivity contribution is 7.92. The number of hydrogen-bond acceptors (Lipinski definition) is 4. The van der Waals surface area contributed by atoms with Crippen molar-refractivity contribution in [1.29, 1.82) is 0 Å². The van der Waals surface area contributed by atoms with Gasteiger partial charge in [-0.25, -0.2) is 8.42 Å². The molecule has 3 aromatic rings. The Balaban J connectivity index is 2.00. The average Bonchev–Trinajstić information content (AvgIpc) is 2.77. The van der Waals surface area contributed by atoms with Crippen LogP contribution in [0.5, 0.6) is 5.75 Å². The Morgan fingerprint density at radius 3 is 1.93 bits per heavy atom. The van der Waals surface area contributed by atoms with Crippen LogP contribution in [0.15, 0.2) is 78.9 Å². The lowest BCUT2D eigenvalue weighted by molar-refractivity contribution is 0.0940. The molecule has 1 amide bonds. The molecule has 0 atom stereocenters. The quantitative estimate of drug-likeness (QED) is 0.629. The van der Waals surface area contributed by atoms with Crippen LogP contribution in [0.2, 0.25) is 0 Å². The molecule has 0 bridgehead atoms. The monoisotopic (exact) mass is 424 g/mol. The smallest absolute Gasteiger partial charge is 0.255 e. The third-order valence-electron chi connectivity index (χ3n) is 4.83. The van der Waals surface area contributed by atoms with Gasteiger partial charge in [-0.3, -0.25) is 9.10 Å². The summed E-state index contributed by atoms with van der Waals surface area (Å²) in [6.45, 7) is 0. The number of nitrogens with zero attached hydrogens (tertiary/aromatic N) is 1. The number of rotatable bonds is 7. The van der Waals surface area contributed by atoms with Crippen LogP contribution in [0.1, 0.15) is 27.5 Å². The SMILES string of the molecule is COc1ccc(N(C)S(C)(=O)=O)cc1C(=O)NC(c1ccccc1)c1ccccc1. The van der Waals surface area contributed by atoms with E-state index in [1.54, 1.807) is 12.1 Å². The summed E-state index contributed by atoms with van der Waals surface area (Å²) >= 11 is 0. The maximum atomic E-state index is 13.2. The molecule has 6 nitrogen and oxygen atoms in total. The maximum Gasteiger partial charge on any atom is 0.255 e. The van der Waals surface area contributed by atoms with Crippen molar-refractivity contribution in [3.8, 4) is 5.75 Å². The van der Waals surface area contributed by atoms with Gasteiger partial charge in [0, 0.05) is 7.05 Å². The minimum Gasteiger partial charge on any atom is -0.496 e. The molecular weight excluding hydrogens is 400 g/mol. The van der Waals surface area contributed by atoms with Crippen molar-refractivity contribution in [3.63, 3.8) is 0 Å². The molecule has 156 valence electrons. The van der Waals surface area contributed by atoms with Gasteiger partial charge in [-0.15, -0.1) is 0 Å². The van der Waals surface area contributed by atoms with Crippen LogP contribution in [0.25, 0.3) is 0 Å². The van der Waals surface area contributed by atoms with Crippen LogP contribution in [0, 0.1) is 0 Å². The van der Waals surface area contributed by atoms with Gasteiger partial charge in [0.1, 0.15) is 5.75 Å². The first kappa shape index (κ1) is 21.4. The summed E-state index contributed by atoms with van der Waals surface area (Å²) in [7, 11) is -0.556. The standard InChI is InChI=1S/C23H24N2O4S/c1-25(30(3,27)28)19-14-15-21(29-2)20(16-19)23(26)24-22(17-10-6-4-7-11-17)18-12-8-5-9-13-18/h4-16,22H,1-3H3,(H,24,26). The number of hydrogen-bond donors (Lipinski definition) is 1. The van der Waals surface area contributed by atoms with Crippen molar-refractivity contribution >= 4 is 21.6 Å². The predicted molar refractivity (Wildman–Crippen MR) is 118 cm³/mol. The normalized spacial score (nSPS) is 11.2. The van der Waals surface area contributed by atoms with E-state index in [-0.39, 0.29) is 17.5 Å². The van der Waals surface area contributed by atoms with Gasteiger partial charge in [-0.05, 0) is 29.3 Å². The van der Waals surface area contributed by atoms with Gasteiger partial charge >= 0.3 is 0 Å². The molecule has 3 aromatic carbocycles. The molecule has 0 spiro atoms. The molecule has 0 heterocycles. The van der Waals surface area contributed by atoms with E-state index in [4.69, 9.17) is 4.74 Å². The van der Waals surface area contributed by atoms with Crippen molar-refractivity contribution in [2.75, 3.05) is 24.7 Å². The zero-order valence-corrected chi connectivity index (χ0v) is 17.9. The molecule has 0 saturated carbocycles. The highest BCUT2D eigenvalue weighted by Crippen LogP contribution is 2.28. The Morgan fingerprint density at radius 1 is 0.933 bits per heavy atom. The topological polar surface area (TPSA) is 75.7 Å². The summed E-state index contributed by atoms with van der Waals surface area (Å²) in [4.78, 5) is 13.2. The van der Waals surface area contributed by atoms with E-state index in [9.17, 15) is 13.2 Å². The van der Waals surface area contributed by atoms with Gasteiger partial charge in [0.25, 0.3) is 5.91 Å². The molecule has 0 aliphatic carbocycles. The molecular formula is C23H24N2O4S. The summed E-state index contributed by atoms with van der Waals surface area (Å²) in [6, 6.07) is 23.6. The van der Waals surface area contributed by atoms with E-state index in [2.05, 4.69) is 5.32 Å². The molecule has 0 aliphatic heterocycles. The van der Waals surface area contributed by atoms with E-state index in [1.165, 1.54) is 20.2 Å². The molecule has 1 N–H and O–H groups in total. The van der Waals surface area contributed by atoms with Crippen molar-refractivity contribution in [1.82, 2.24) is 5.32 Å². The number of nitrogens with one attached hydrogen (secondary N) is 1. The van der Waals surface area contributed by atoms with Crippen LogP contribution in [0.4, 0.5) is 5.69 Å². The molecule has 7 heteroatoms. The molecule has 0 radical (unpaired) electrons. The number of carbonyl (C=O) groups is 1. The molecule has 30 heavy (non-hydrogen) atoms. The van der Waals surface area contributed by atoms with E-state index in [1.807, 2.05) is 60.7 Å². The molecule has 0 saturated heterocycles. The number of ether oxygens (including phenoxy) is 1. The minimum absolute atomic E-state index is 0.252. The number of methoxy groups -OCH3 is 1. The van der Waals surface area contributed by atoms with Gasteiger partial charge in [0.15, 0.2) is 0 Å². The second-order valence-corrected chi connectivity index (χ2v) is 8.86. The Hall–Kier alpha value is -3.32. The highest BCUT2D eigenvalue weighted by atomic mass is 32.2. The second kappa shape index (κ2) is 9.00. The van der Waals surface area contributed by atoms with Gasteiger partial charge in [-0.2, -0.15) is 0 Å². The Morgan fingerprint density at radius 2 is 1.47 bits per heavy atom. The number of benzene rings is 3. The first-order valence-electron chi connectivity index (χ1n) is 9.34. The first-order chi connectivity index (χ1) is 14.3. The zero-order valence-electron chi connectivity index (χ0n) is 17.1. The fraction of sp³-hybridized carbons (Fsp3) is 0.174. The van der Waals surface area contributed by atoms with E-state index >= 15 is 0 Å². The number of amides is 1. The lowest BCUT2D eigenvalue weighted by atomic mass is 9.98. The molecule has 3 rings (SSSR count). The summed E-state index contributed by atoms with van der Waals surface area (Å²) in [5, 5.41) is 3.06. The summed E-state index contributed by atoms with van der Waals surface area (Å²) in [6.07, 6.45) is 1.11. The third kappa shape index (κ3) is 4.80. The Kier molecular flexibility index (Phi) is 6.42. The molecule has 0 fully saturated rings. The summed E-state index contributed by atoms with van der Waals surface area (Å²) in [5.41, 5.74) is 2.49. The highest BCUT2D eigenvalue weighted by Gasteiger charge is 2.22. The Bertz CT molecular complexity index is 1080. The van der Waals surface area contributed by atoms with Crippen LogP contribution in [-0.4, -0.2) is 34.7 Å². The second-order valence-electron chi connectivity index (χ2n) is 6.84. The van der Waals surface area contributed by atoms with Crippen molar-refractivity contribution in [2.45, 2.75) is 6.04 Å². The lowest BCUT2D eigenvalue weighted by Gasteiger charge is -2.22. The van der Waals surface area contributed by atoms with Crippen molar-refractivity contribution in [2.24, 2.45) is 0 Å². The van der Waals surface area contributed by atoms with Crippen LogP contribution < -0.4 is 14.4 Å². The van der Waals surface area contributed by atoms with Gasteiger partial charge in [0.2, 0.25) is 10.0 Å². The van der Waals surface area contributed by atoms with E-state index in [0.717, 1.165) is 21.7 Å². The van der Waals surface area contributed by atoms with Crippen LogP contribution in [-0.2, 0) is 10.0 Å². The number of sulfonamides is 1. The van der Waals surface area contributed by atoms with Gasteiger partial charge < -0.3 is 10.1 Å². The Labute approximate surface area is 177 Å².